The molecule has 0 unspecified atom stereocenters. The molecule has 0 amide bonds. The fraction of sp³-hybridized carbons (Fsp3) is 0.333. The Labute approximate surface area is 104 Å². The average Bonchev–Trinajstić information content (AvgIpc) is 2.72. The van der Waals surface area contributed by atoms with Crippen LogP contribution >= 0.6 is 0 Å². The summed E-state index contributed by atoms with van der Waals surface area (Å²) in [7, 11) is 0. The number of aryl methyl sites for hydroxylation is 1. The van der Waals surface area contributed by atoms with Gasteiger partial charge in [0.25, 0.3) is 0 Å². The van der Waals surface area contributed by atoms with Crippen LogP contribution in [0.3, 0.4) is 0 Å². The zero-order valence-corrected chi connectivity index (χ0v) is 10.2. The van der Waals surface area contributed by atoms with E-state index in [1.54, 1.807) is 19.9 Å². The second-order valence-electron chi connectivity index (χ2n) is 3.99. The van der Waals surface area contributed by atoms with Gasteiger partial charge in [-0.25, -0.2) is 4.39 Å². The molecule has 2 rings (SSSR count). The Morgan fingerprint density at radius 2 is 2.28 bits per heavy atom. The van der Waals surface area contributed by atoms with Gasteiger partial charge in [0.1, 0.15) is 11.6 Å². The summed E-state index contributed by atoms with van der Waals surface area (Å²) in [5.74, 6) is 0.888. The summed E-state index contributed by atoms with van der Waals surface area (Å²) >= 11 is 0. The van der Waals surface area contributed by atoms with E-state index in [1.807, 2.05) is 0 Å². The van der Waals surface area contributed by atoms with Crippen LogP contribution in [0.25, 0.3) is 0 Å². The zero-order valence-electron chi connectivity index (χ0n) is 10.2. The smallest absolute Gasteiger partial charge is 0.223 e. The first kappa shape index (κ1) is 12.5. The van der Waals surface area contributed by atoms with Crippen molar-refractivity contribution in [2.24, 2.45) is 5.73 Å². The van der Waals surface area contributed by atoms with E-state index >= 15 is 0 Å². The third kappa shape index (κ3) is 2.84. The van der Waals surface area contributed by atoms with Gasteiger partial charge in [-0.1, -0.05) is 11.2 Å². The minimum absolute atomic E-state index is 0.112. The first-order valence-corrected chi connectivity index (χ1v) is 5.53. The molecular formula is C12H14FN3O2. The van der Waals surface area contributed by atoms with Crippen LogP contribution in [0, 0.1) is 12.7 Å². The van der Waals surface area contributed by atoms with Crippen LogP contribution in [-0.2, 0) is 6.61 Å². The van der Waals surface area contributed by atoms with Gasteiger partial charge in [0.2, 0.25) is 11.7 Å². The SMILES string of the molecule is Cc1nc(COc2cc(F)ccc2[C@@H](C)N)no1. The molecule has 1 aromatic carbocycles. The lowest BCUT2D eigenvalue weighted by Crippen LogP contribution is -2.08. The normalized spacial score (nSPS) is 12.4. The van der Waals surface area contributed by atoms with E-state index in [9.17, 15) is 4.39 Å². The summed E-state index contributed by atoms with van der Waals surface area (Å²) < 4.78 is 23.5. The fourth-order valence-electron chi connectivity index (χ4n) is 1.55. The molecule has 96 valence electrons. The highest BCUT2D eigenvalue weighted by Crippen LogP contribution is 2.25. The Bertz CT molecular complexity index is 540. The van der Waals surface area contributed by atoms with Gasteiger partial charge in [-0.3, -0.25) is 0 Å². The molecule has 1 heterocycles. The second-order valence-corrected chi connectivity index (χ2v) is 3.99. The maximum atomic E-state index is 13.2. The molecule has 0 aliphatic heterocycles. The predicted octanol–water partition coefficient (Wildman–Crippen LogP) is 2.12. The van der Waals surface area contributed by atoms with E-state index < -0.39 is 0 Å². The highest BCUT2D eigenvalue weighted by Gasteiger charge is 2.11. The molecule has 0 spiro atoms. The average molecular weight is 251 g/mol. The van der Waals surface area contributed by atoms with Crippen molar-refractivity contribution in [3.8, 4) is 5.75 Å². The van der Waals surface area contributed by atoms with Crippen molar-refractivity contribution >= 4 is 0 Å². The molecule has 1 aromatic heterocycles. The number of ether oxygens (including phenoxy) is 1. The molecule has 2 aromatic rings. The van der Waals surface area contributed by atoms with Gasteiger partial charge in [0.15, 0.2) is 6.61 Å². The lowest BCUT2D eigenvalue weighted by molar-refractivity contribution is 0.280. The first-order valence-electron chi connectivity index (χ1n) is 5.53. The number of aromatic nitrogens is 2. The molecule has 0 bridgehead atoms. The number of halogens is 1. The van der Waals surface area contributed by atoms with Gasteiger partial charge >= 0.3 is 0 Å². The lowest BCUT2D eigenvalue weighted by Gasteiger charge is -2.12. The summed E-state index contributed by atoms with van der Waals surface area (Å²) in [5.41, 5.74) is 6.52. The quantitative estimate of drug-likeness (QED) is 0.900. The van der Waals surface area contributed by atoms with Crippen molar-refractivity contribution < 1.29 is 13.7 Å². The van der Waals surface area contributed by atoms with Crippen molar-refractivity contribution in [1.82, 2.24) is 10.1 Å². The minimum Gasteiger partial charge on any atom is -0.485 e. The molecule has 0 saturated heterocycles. The van der Waals surface area contributed by atoms with Crippen molar-refractivity contribution in [3.63, 3.8) is 0 Å². The van der Waals surface area contributed by atoms with Gasteiger partial charge < -0.3 is 15.0 Å². The zero-order chi connectivity index (χ0) is 13.1. The number of benzene rings is 1. The summed E-state index contributed by atoms with van der Waals surface area (Å²) in [6, 6.07) is 4.01. The summed E-state index contributed by atoms with van der Waals surface area (Å²) in [4.78, 5) is 3.99. The molecule has 18 heavy (non-hydrogen) atoms. The fourth-order valence-corrected chi connectivity index (χ4v) is 1.55. The first-order chi connectivity index (χ1) is 8.56. The van der Waals surface area contributed by atoms with Gasteiger partial charge in [0, 0.05) is 24.6 Å². The van der Waals surface area contributed by atoms with E-state index in [1.165, 1.54) is 12.1 Å². The van der Waals surface area contributed by atoms with Crippen molar-refractivity contribution in [2.75, 3.05) is 0 Å². The molecule has 0 aliphatic carbocycles. The van der Waals surface area contributed by atoms with Crippen molar-refractivity contribution in [2.45, 2.75) is 26.5 Å². The molecule has 0 radical (unpaired) electrons. The van der Waals surface area contributed by atoms with Crippen molar-refractivity contribution in [1.29, 1.82) is 0 Å². The second kappa shape index (κ2) is 5.14. The molecule has 1 atom stereocenters. The van der Waals surface area contributed by atoms with E-state index in [0.717, 1.165) is 5.56 Å². The number of rotatable bonds is 4. The maximum absolute atomic E-state index is 13.2. The Kier molecular flexibility index (Phi) is 3.57. The van der Waals surface area contributed by atoms with Crippen LogP contribution < -0.4 is 10.5 Å². The Balaban J connectivity index is 2.15. The van der Waals surface area contributed by atoms with Gasteiger partial charge in [-0.05, 0) is 13.0 Å². The molecular weight excluding hydrogens is 237 g/mol. The van der Waals surface area contributed by atoms with E-state index in [4.69, 9.17) is 15.0 Å². The third-order valence-corrected chi connectivity index (χ3v) is 2.39. The molecule has 2 N–H and O–H groups in total. The number of nitrogens with two attached hydrogens (primary N) is 1. The minimum atomic E-state index is -0.376. The molecule has 5 nitrogen and oxygen atoms in total. The highest BCUT2D eigenvalue weighted by molar-refractivity contribution is 5.36. The van der Waals surface area contributed by atoms with Gasteiger partial charge in [0.05, 0.1) is 0 Å². The van der Waals surface area contributed by atoms with Crippen LogP contribution in [0.5, 0.6) is 5.75 Å². The number of hydrogen-bond acceptors (Lipinski definition) is 5. The number of hydrogen-bond donors (Lipinski definition) is 1. The monoisotopic (exact) mass is 251 g/mol. The van der Waals surface area contributed by atoms with Crippen LogP contribution in [0.15, 0.2) is 22.7 Å². The number of nitrogens with zero attached hydrogens (tertiary/aromatic N) is 2. The topological polar surface area (TPSA) is 74.2 Å². The summed E-state index contributed by atoms with van der Waals surface area (Å²) in [6.45, 7) is 3.60. The highest BCUT2D eigenvalue weighted by atomic mass is 19.1. The molecule has 0 aliphatic rings. The Hall–Kier alpha value is -1.95. The lowest BCUT2D eigenvalue weighted by atomic mass is 10.1. The van der Waals surface area contributed by atoms with E-state index in [0.29, 0.717) is 17.5 Å². The van der Waals surface area contributed by atoms with Crippen LogP contribution in [0.2, 0.25) is 0 Å². The third-order valence-electron chi connectivity index (χ3n) is 2.39. The van der Waals surface area contributed by atoms with Crippen LogP contribution in [0.1, 0.15) is 30.2 Å². The van der Waals surface area contributed by atoms with Crippen LogP contribution in [-0.4, -0.2) is 10.1 Å². The van der Waals surface area contributed by atoms with Crippen LogP contribution in [0.4, 0.5) is 4.39 Å². The largest absolute Gasteiger partial charge is 0.485 e. The maximum Gasteiger partial charge on any atom is 0.223 e. The Morgan fingerprint density at radius 1 is 1.50 bits per heavy atom. The van der Waals surface area contributed by atoms with E-state index in [-0.39, 0.29) is 18.5 Å². The van der Waals surface area contributed by atoms with E-state index in [2.05, 4.69) is 10.1 Å². The van der Waals surface area contributed by atoms with Crippen molar-refractivity contribution in [3.05, 3.63) is 41.3 Å². The molecule has 6 heteroatoms. The van der Waals surface area contributed by atoms with Gasteiger partial charge in [-0.15, -0.1) is 0 Å². The molecule has 0 fully saturated rings. The van der Waals surface area contributed by atoms with Gasteiger partial charge in [-0.2, -0.15) is 4.98 Å². The Morgan fingerprint density at radius 3 is 2.89 bits per heavy atom. The summed E-state index contributed by atoms with van der Waals surface area (Å²) in [5, 5.41) is 3.69. The summed E-state index contributed by atoms with van der Waals surface area (Å²) in [6.07, 6.45) is 0. The standard InChI is InChI=1S/C12H14FN3O2/c1-7(14)10-4-3-9(13)5-11(10)17-6-12-15-8(2)18-16-12/h3-5,7H,6,14H2,1-2H3/t7-/m1/s1. The predicted molar refractivity (Wildman–Crippen MR) is 62.4 cm³/mol. The molecule has 0 saturated carbocycles.